The van der Waals surface area contributed by atoms with Crippen molar-refractivity contribution in [3.8, 4) is 22.8 Å². The maximum atomic E-state index is 11.3. The number of hydrogen-bond donors (Lipinski definition) is 1. The number of thiazole rings is 1. The molecule has 0 fully saturated rings. The Bertz CT molecular complexity index is 888. The minimum absolute atomic E-state index is 0.132. The topological polar surface area (TPSA) is 59.4 Å². The van der Waals surface area contributed by atoms with Crippen LogP contribution in [0.25, 0.3) is 11.3 Å². The van der Waals surface area contributed by atoms with Crippen molar-refractivity contribution in [2.24, 2.45) is 0 Å². The van der Waals surface area contributed by atoms with E-state index in [0.29, 0.717) is 16.5 Å². The molecule has 0 amide bonds. The lowest BCUT2D eigenvalue weighted by atomic mass is 10.1. The minimum Gasteiger partial charge on any atom is -0.476 e. The number of halogens is 1. The number of aryl methyl sites for hydroxylation is 1. The number of benzene rings is 2. The van der Waals surface area contributed by atoms with Gasteiger partial charge >= 0.3 is 5.97 Å². The lowest BCUT2D eigenvalue weighted by Crippen LogP contribution is -1.94. The monoisotopic (exact) mass is 387 g/mol. The molecule has 1 heterocycles. The van der Waals surface area contributed by atoms with Crippen molar-refractivity contribution in [1.82, 2.24) is 4.98 Å². The predicted molar refractivity (Wildman–Crippen MR) is 105 cm³/mol. The number of aromatic carboxylic acids is 1. The molecule has 26 heavy (non-hydrogen) atoms. The van der Waals surface area contributed by atoms with E-state index in [4.69, 9.17) is 16.3 Å². The fourth-order valence-electron chi connectivity index (χ4n) is 2.50. The van der Waals surface area contributed by atoms with Gasteiger partial charge in [0.05, 0.1) is 5.69 Å². The molecule has 6 heteroatoms. The molecule has 0 atom stereocenters. The van der Waals surface area contributed by atoms with Crippen LogP contribution in [0.4, 0.5) is 0 Å². The Balaban J connectivity index is 1.83. The zero-order valence-corrected chi connectivity index (χ0v) is 15.8. The predicted octanol–water partition coefficient (Wildman–Crippen LogP) is 6.30. The number of ether oxygens (including phenoxy) is 1. The number of nitrogens with zero attached hydrogens (tertiary/aromatic N) is 1. The Morgan fingerprint density at radius 1 is 1.12 bits per heavy atom. The van der Waals surface area contributed by atoms with Crippen LogP contribution >= 0.6 is 22.9 Å². The van der Waals surface area contributed by atoms with E-state index in [-0.39, 0.29) is 5.01 Å². The highest BCUT2D eigenvalue weighted by Crippen LogP contribution is 2.32. The van der Waals surface area contributed by atoms with Crippen LogP contribution in [0, 0.1) is 0 Å². The first-order valence-electron chi connectivity index (χ1n) is 8.33. The number of aromatic nitrogens is 1. The number of carboxylic acid groups (broad SMARTS) is 1. The Morgan fingerprint density at radius 3 is 2.31 bits per heavy atom. The lowest BCUT2D eigenvalue weighted by Gasteiger charge is -2.07. The molecule has 3 aromatic rings. The normalized spacial score (nSPS) is 10.7. The third-order valence-corrected chi connectivity index (χ3v) is 5.17. The Labute approximate surface area is 161 Å². The molecule has 0 saturated carbocycles. The molecular formula is C20H18ClNO3S. The molecule has 1 aromatic heterocycles. The van der Waals surface area contributed by atoms with Crippen molar-refractivity contribution in [3.63, 3.8) is 0 Å². The van der Waals surface area contributed by atoms with E-state index in [9.17, 15) is 9.90 Å². The van der Waals surface area contributed by atoms with E-state index in [2.05, 4.69) is 11.9 Å². The number of rotatable bonds is 7. The van der Waals surface area contributed by atoms with Gasteiger partial charge in [0.15, 0.2) is 0 Å². The highest BCUT2D eigenvalue weighted by molar-refractivity contribution is 7.14. The highest BCUT2D eigenvalue weighted by atomic mass is 35.5. The molecule has 0 aliphatic rings. The number of unbranched alkanes of at least 4 members (excludes halogenated alkanes) is 1. The SMILES string of the molecule is CCCCc1sc(C(=O)O)nc1-c1ccc(Oc2ccc(Cl)cc2)cc1. The molecule has 134 valence electrons. The van der Waals surface area contributed by atoms with E-state index in [1.54, 1.807) is 24.3 Å². The molecule has 0 saturated heterocycles. The van der Waals surface area contributed by atoms with E-state index < -0.39 is 5.97 Å². The number of carbonyl (C=O) groups is 1. The first kappa shape index (κ1) is 18.4. The molecule has 1 N–H and O–H groups in total. The molecule has 0 radical (unpaired) electrons. The van der Waals surface area contributed by atoms with Gasteiger partial charge in [0, 0.05) is 15.5 Å². The van der Waals surface area contributed by atoms with Gasteiger partial charge in [-0.05, 0) is 61.4 Å². The summed E-state index contributed by atoms with van der Waals surface area (Å²) in [7, 11) is 0. The van der Waals surface area contributed by atoms with Crippen LogP contribution in [0.15, 0.2) is 48.5 Å². The molecular weight excluding hydrogens is 370 g/mol. The van der Waals surface area contributed by atoms with Gasteiger partial charge < -0.3 is 9.84 Å². The second-order valence-electron chi connectivity index (χ2n) is 5.78. The summed E-state index contributed by atoms with van der Waals surface area (Å²) in [6, 6.07) is 14.7. The average Bonchev–Trinajstić information content (AvgIpc) is 3.07. The third kappa shape index (κ3) is 4.42. The van der Waals surface area contributed by atoms with Crippen LogP contribution in [0.3, 0.4) is 0 Å². The van der Waals surface area contributed by atoms with Gasteiger partial charge in [-0.25, -0.2) is 9.78 Å². The highest BCUT2D eigenvalue weighted by Gasteiger charge is 2.17. The van der Waals surface area contributed by atoms with E-state index in [0.717, 1.165) is 35.4 Å². The summed E-state index contributed by atoms with van der Waals surface area (Å²) in [4.78, 5) is 16.6. The maximum absolute atomic E-state index is 11.3. The Kier molecular flexibility index (Phi) is 5.91. The Morgan fingerprint density at radius 2 is 1.73 bits per heavy atom. The quantitative estimate of drug-likeness (QED) is 0.517. The zero-order valence-electron chi connectivity index (χ0n) is 14.2. The largest absolute Gasteiger partial charge is 0.476 e. The summed E-state index contributed by atoms with van der Waals surface area (Å²) in [5.41, 5.74) is 1.64. The van der Waals surface area contributed by atoms with Crippen LogP contribution in [0.2, 0.25) is 5.02 Å². The summed E-state index contributed by atoms with van der Waals surface area (Å²) in [6.45, 7) is 2.11. The molecule has 0 spiro atoms. The maximum Gasteiger partial charge on any atom is 0.365 e. The second-order valence-corrected chi connectivity index (χ2v) is 7.30. The van der Waals surface area contributed by atoms with Gasteiger partial charge in [-0.15, -0.1) is 11.3 Å². The third-order valence-electron chi connectivity index (χ3n) is 3.81. The van der Waals surface area contributed by atoms with Crippen LogP contribution in [-0.4, -0.2) is 16.1 Å². The van der Waals surface area contributed by atoms with Gasteiger partial charge in [0.1, 0.15) is 11.5 Å². The van der Waals surface area contributed by atoms with Gasteiger partial charge in [-0.2, -0.15) is 0 Å². The van der Waals surface area contributed by atoms with Crippen molar-refractivity contribution < 1.29 is 14.6 Å². The first-order chi connectivity index (χ1) is 12.6. The minimum atomic E-state index is -0.985. The molecule has 4 nitrogen and oxygen atoms in total. The molecule has 0 unspecified atom stereocenters. The number of hydrogen-bond acceptors (Lipinski definition) is 4. The first-order valence-corrected chi connectivity index (χ1v) is 9.53. The fraction of sp³-hybridized carbons (Fsp3) is 0.200. The van der Waals surface area contributed by atoms with E-state index in [1.807, 2.05) is 24.3 Å². The van der Waals surface area contributed by atoms with Crippen LogP contribution < -0.4 is 4.74 Å². The average molecular weight is 388 g/mol. The van der Waals surface area contributed by atoms with E-state index in [1.165, 1.54) is 11.3 Å². The summed E-state index contributed by atoms with van der Waals surface area (Å²) in [5.74, 6) is 0.411. The second kappa shape index (κ2) is 8.34. The van der Waals surface area contributed by atoms with Gasteiger partial charge in [0.2, 0.25) is 5.01 Å². The lowest BCUT2D eigenvalue weighted by molar-refractivity contribution is 0.0696. The molecule has 2 aromatic carbocycles. The molecule has 0 bridgehead atoms. The fourth-order valence-corrected chi connectivity index (χ4v) is 3.59. The van der Waals surface area contributed by atoms with Crippen molar-refractivity contribution in [3.05, 3.63) is 63.4 Å². The molecule has 0 aliphatic carbocycles. The van der Waals surface area contributed by atoms with Crippen molar-refractivity contribution in [1.29, 1.82) is 0 Å². The summed E-state index contributed by atoms with van der Waals surface area (Å²) in [6.07, 6.45) is 2.89. The van der Waals surface area contributed by atoms with Crippen LogP contribution in [0.1, 0.15) is 34.4 Å². The van der Waals surface area contributed by atoms with Crippen molar-refractivity contribution in [2.75, 3.05) is 0 Å². The van der Waals surface area contributed by atoms with Crippen LogP contribution in [-0.2, 0) is 6.42 Å². The van der Waals surface area contributed by atoms with Crippen LogP contribution in [0.5, 0.6) is 11.5 Å². The van der Waals surface area contributed by atoms with Gasteiger partial charge in [-0.3, -0.25) is 0 Å². The summed E-state index contributed by atoms with van der Waals surface area (Å²) >= 11 is 7.13. The zero-order chi connectivity index (χ0) is 18.5. The van der Waals surface area contributed by atoms with Gasteiger partial charge in [-0.1, -0.05) is 24.9 Å². The molecule has 3 rings (SSSR count). The van der Waals surface area contributed by atoms with E-state index >= 15 is 0 Å². The molecule has 0 aliphatic heterocycles. The number of carboxylic acids is 1. The summed E-state index contributed by atoms with van der Waals surface area (Å²) < 4.78 is 5.79. The standard InChI is InChI=1S/C20H18ClNO3S/c1-2-3-4-17-18(22-19(26-17)20(23)24)13-5-9-15(10-6-13)25-16-11-7-14(21)8-12-16/h5-12H,2-4H2,1H3,(H,23,24). The smallest absolute Gasteiger partial charge is 0.365 e. The van der Waals surface area contributed by atoms with Crippen molar-refractivity contribution >= 4 is 28.9 Å². The Hall–Kier alpha value is -2.37. The summed E-state index contributed by atoms with van der Waals surface area (Å²) in [5, 5.41) is 10.0. The van der Waals surface area contributed by atoms with Gasteiger partial charge in [0.25, 0.3) is 0 Å². The van der Waals surface area contributed by atoms with Crippen molar-refractivity contribution in [2.45, 2.75) is 26.2 Å².